The lowest BCUT2D eigenvalue weighted by atomic mass is 9.85. The third-order valence-electron chi connectivity index (χ3n) is 4.05. The summed E-state index contributed by atoms with van der Waals surface area (Å²) in [5.74, 6) is 3.84. The van der Waals surface area contributed by atoms with Gasteiger partial charge in [-0.2, -0.15) is 13.2 Å². The second-order valence-corrected chi connectivity index (χ2v) is 6.69. The Labute approximate surface area is 117 Å². The molecule has 0 aliphatic carbocycles. The summed E-state index contributed by atoms with van der Waals surface area (Å²) in [6.07, 6.45) is 10.7. The minimum absolute atomic E-state index is 0.977. The molecule has 3 heterocycles. The van der Waals surface area contributed by atoms with Gasteiger partial charge in [0.05, 0.1) is 32.6 Å². The number of rotatable bonds is 2. The predicted molar refractivity (Wildman–Crippen MR) is 66.3 cm³/mol. The van der Waals surface area contributed by atoms with Crippen molar-refractivity contribution in [3.63, 3.8) is 0 Å². The number of alkyl halides is 3. The van der Waals surface area contributed by atoms with E-state index in [1.165, 1.54) is 49.9 Å². The molecular weight excluding hydrogens is 295 g/mol. The smallest absolute Gasteiger partial charge is 0.485 e. The van der Waals surface area contributed by atoms with Crippen LogP contribution in [-0.4, -0.2) is 49.1 Å². The quantitative estimate of drug-likeness (QED) is 0.337. The van der Waals surface area contributed by atoms with Gasteiger partial charge in [-0.25, -0.2) is 8.42 Å². The van der Waals surface area contributed by atoms with E-state index in [0.29, 0.717) is 0 Å². The fourth-order valence-electron chi connectivity index (χ4n) is 2.77. The molecule has 116 valence electrons. The van der Waals surface area contributed by atoms with Crippen LogP contribution >= 0.6 is 0 Å². The Morgan fingerprint density at radius 3 is 1.90 bits per heavy atom. The van der Waals surface area contributed by atoms with Gasteiger partial charge in [-0.05, 0) is 25.2 Å². The highest BCUT2D eigenvalue weighted by Crippen LogP contribution is 2.33. The molecule has 8 heteroatoms. The van der Waals surface area contributed by atoms with E-state index in [2.05, 4.69) is 5.92 Å². The molecule has 4 nitrogen and oxygen atoms in total. The molecule has 0 radical (unpaired) electrons. The molecule has 3 aliphatic rings. The lowest BCUT2D eigenvalue weighted by Gasteiger charge is -2.49. The lowest BCUT2D eigenvalue weighted by Crippen LogP contribution is -2.58. The summed E-state index contributed by atoms with van der Waals surface area (Å²) in [7, 11) is -6.09. The highest BCUT2D eigenvalue weighted by atomic mass is 32.2. The first-order chi connectivity index (χ1) is 9.10. The van der Waals surface area contributed by atoms with E-state index in [0.717, 1.165) is 12.3 Å². The van der Waals surface area contributed by atoms with Gasteiger partial charge in [-0.1, -0.05) is 0 Å². The van der Waals surface area contributed by atoms with Crippen LogP contribution in [-0.2, 0) is 10.1 Å². The minimum atomic E-state index is -6.09. The number of halogens is 3. The highest BCUT2D eigenvalue weighted by molar-refractivity contribution is 7.86. The summed E-state index contributed by atoms with van der Waals surface area (Å²) in [5.41, 5.74) is -5.65. The zero-order valence-electron chi connectivity index (χ0n) is 11.0. The van der Waals surface area contributed by atoms with Crippen LogP contribution in [0.15, 0.2) is 0 Å². The third-order valence-corrected chi connectivity index (χ3v) is 4.62. The molecule has 3 rings (SSSR count). The van der Waals surface area contributed by atoms with E-state index in [1.54, 1.807) is 0 Å². The van der Waals surface area contributed by atoms with Crippen LogP contribution in [0.2, 0.25) is 0 Å². The van der Waals surface area contributed by atoms with E-state index >= 15 is 0 Å². The van der Waals surface area contributed by atoms with Crippen LogP contribution < -0.4 is 0 Å². The zero-order valence-corrected chi connectivity index (χ0v) is 11.8. The van der Waals surface area contributed by atoms with E-state index in [4.69, 9.17) is 19.4 Å². The van der Waals surface area contributed by atoms with Gasteiger partial charge in [0.2, 0.25) is 0 Å². The Morgan fingerprint density at radius 1 is 1.20 bits per heavy atom. The number of hydrogen-bond acceptors (Lipinski definition) is 3. The van der Waals surface area contributed by atoms with Crippen molar-refractivity contribution in [2.45, 2.75) is 31.2 Å². The standard InChI is InChI=1S/C11H18N.CHF3O3S/c1-2-3-7-12-8-4-11(5-9-12)6-10-12;2-1(3,4)8(5,6)7/h1,11H,3-10H2;(H,5,6,7)/q+1;/p-1. The van der Waals surface area contributed by atoms with Gasteiger partial charge in [0.15, 0.2) is 10.1 Å². The minimum Gasteiger partial charge on any atom is -0.741 e. The fraction of sp³-hybridized carbons (Fsp3) is 0.833. The van der Waals surface area contributed by atoms with E-state index in [1.807, 2.05) is 0 Å². The molecule has 3 fully saturated rings. The van der Waals surface area contributed by atoms with Gasteiger partial charge in [0.1, 0.15) is 0 Å². The Kier molecular flexibility index (Phi) is 5.46. The van der Waals surface area contributed by atoms with Crippen LogP contribution in [0.3, 0.4) is 0 Å². The molecule has 0 amide bonds. The summed E-state index contributed by atoms with van der Waals surface area (Å²) in [6.45, 7) is 5.47. The van der Waals surface area contributed by atoms with Crippen molar-refractivity contribution in [3.8, 4) is 12.3 Å². The van der Waals surface area contributed by atoms with Crippen molar-refractivity contribution >= 4 is 10.1 Å². The maximum atomic E-state index is 10.7. The molecule has 3 aliphatic heterocycles. The second kappa shape index (κ2) is 6.33. The normalized spacial score (nSPS) is 29.2. The summed E-state index contributed by atoms with van der Waals surface area (Å²) in [4.78, 5) is 0. The molecule has 0 atom stereocenters. The van der Waals surface area contributed by atoms with Crippen molar-refractivity contribution in [2.75, 3.05) is 26.2 Å². The molecule has 0 aromatic rings. The number of nitrogens with zero attached hydrogens (tertiary/aromatic N) is 1. The maximum Gasteiger partial charge on any atom is 0.485 e. The molecule has 2 bridgehead atoms. The molecule has 0 aromatic heterocycles. The number of piperidine rings is 3. The van der Waals surface area contributed by atoms with E-state index in [9.17, 15) is 13.2 Å². The van der Waals surface area contributed by atoms with E-state index < -0.39 is 15.6 Å². The van der Waals surface area contributed by atoms with Crippen LogP contribution in [0.4, 0.5) is 13.2 Å². The van der Waals surface area contributed by atoms with Crippen LogP contribution in [0.1, 0.15) is 25.7 Å². The number of terminal acetylenes is 1. The predicted octanol–water partition coefficient (Wildman–Crippen LogP) is 1.69. The molecular formula is C12H18F3NO3S. The fourth-order valence-corrected chi connectivity index (χ4v) is 2.77. The maximum absolute atomic E-state index is 10.7. The van der Waals surface area contributed by atoms with Gasteiger partial charge in [-0.3, -0.25) is 0 Å². The van der Waals surface area contributed by atoms with Crippen molar-refractivity contribution in [1.29, 1.82) is 0 Å². The van der Waals surface area contributed by atoms with Gasteiger partial charge in [0, 0.05) is 0 Å². The Bertz CT molecular complexity index is 446. The van der Waals surface area contributed by atoms with E-state index in [-0.39, 0.29) is 0 Å². The van der Waals surface area contributed by atoms with Crippen LogP contribution in [0.25, 0.3) is 0 Å². The monoisotopic (exact) mass is 313 g/mol. The van der Waals surface area contributed by atoms with Crippen LogP contribution in [0.5, 0.6) is 0 Å². The summed E-state index contributed by atoms with van der Waals surface area (Å²) < 4.78 is 60.3. The molecule has 20 heavy (non-hydrogen) atoms. The molecule has 0 saturated carbocycles. The van der Waals surface area contributed by atoms with Crippen LogP contribution in [0, 0.1) is 18.3 Å². The van der Waals surface area contributed by atoms with Gasteiger partial charge < -0.3 is 9.04 Å². The Hall–Kier alpha value is -0.780. The largest absolute Gasteiger partial charge is 0.741 e. The molecule has 0 N–H and O–H groups in total. The number of hydrogen-bond donors (Lipinski definition) is 0. The van der Waals surface area contributed by atoms with Crippen molar-refractivity contribution in [2.24, 2.45) is 5.92 Å². The molecule has 0 spiro atoms. The lowest BCUT2D eigenvalue weighted by molar-refractivity contribution is -0.942. The van der Waals surface area contributed by atoms with Gasteiger partial charge in [0.25, 0.3) is 0 Å². The molecule has 0 aromatic carbocycles. The first kappa shape index (κ1) is 17.3. The van der Waals surface area contributed by atoms with Gasteiger partial charge >= 0.3 is 5.51 Å². The summed E-state index contributed by atoms with van der Waals surface area (Å²) in [5, 5.41) is 0. The summed E-state index contributed by atoms with van der Waals surface area (Å²) >= 11 is 0. The number of fused-ring (bicyclic) bond motifs is 3. The average molecular weight is 313 g/mol. The van der Waals surface area contributed by atoms with Crippen molar-refractivity contribution < 1.29 is 30.6 Å². The molecule has 3 saturated heterocycles. The number of quaternary nitrogens is 1. The topological polar surface area (TPSA) is 57.2 Å². The van der Waals surface area contributed by atoms with Crippen molar-refractivity contribution in [1.82, 2.24) is 0 Å². The van der Waals surface area contributed by atoms with Crippen molar-refractivity contribution in [3.05, 3.63) is 0 Å². The Balaban J connectivity index is 0.000000221. The molecule has 0 unspecified atom stereocenters. The summed E-state index contributed by atoms with van der Waals surface area (Å²) in [6, 6.07) is 0. The average Bonchev–Trinajstić information content (AvgIpc) is 2.37. The third kappa shape index (κ3) is 4.65. The highest BCUT2D eigenvalue weighted by Gasteiger charge is 2.38. The Morgan fingerprint density at radius 2 is 1.60 bits per heavy atom. The first-order valence-electron chi connectivity index (χ1n) is 6.40. The first-order valence-corrected chi connectivity index (χ1v) is 7.81. The zero-order chi connectivity index (χ0) is 15.4. The second-order valence-electron chi connectivity index (χ2n) is 5.32. The SMILES string of the molecule is C#CCC[N+]12CCC(CC1)CC2.O=S(=O)([O-])C(F)(F)F. The van der Waals surface area contributed by atoms with Gasteiger partial charge in [-0.15, -0.1) is 12.3 Å².